The number of benzene rings is 2. The first kappa shape index (κ1) is 20.0. The van der Waals surface area contributed by atoms with Crippen LogP contribution in [0.1, 0.15) is 48.8 Å². The van der Waals surface area contributed by atoms with Gasteiger partial charge in [0.05, 0.1) is 10.4 Å². The largest absolute Gasteiger partial charge is 0.349 e. The Morgan fingerprint density at radius 3 is 2.17 bits per heavy atom. The summed E-state index contributed by atoms with van der Waals surface area (Å²) in [5, 5.41) is 4.91. The van der Waals surface area contributed by atoms with Crippen molar-refractivity contribution in [1.29, 1.82) is 0 Å². The molecule has 4 rings (SSSR count). The van der Waals surface area contributed by atoms with Crippen LogP contribution in [-0.4, -0.2) is 41.6 Å². The van der Waals surface area contributed by atoms with Gasteiger partial charge in [0, 0.05) is 30.3 Å². The van der Waals surface area contributed by atoms with Gasteiger partial charge in [-0.1, -0.05) is 42.5 Å². The summed E-state index contributed by atoms with van der Waals surface area (Å²) >= 11 is 1.37. The minimum atomic E-state index is -0.136. The Hall–Kier alpha value is -3.25. The molecule has 30 heavy (non-hydrogen) atoms. The molecular formula is C24H22N2O3S. The van der Waals surface area contributed by atoms with Crippen LogP contribution in [0.3, 0.4) is 0 Å². The number of hydrogen-bond donors (Lipinski definition) is 1. The molecular weight excluding hydrogens is 396 g/mol. The van der Waals surface area contributed by atoms with Gasteiger partial charge in [-0.05, 0) is 42.5 Å². The van der Waals surface area contributed by atoms with Gasteiger partial charge in [0.1, 0.15) is 0 Å². The van der Waals surface area contributed by atoms with Crippen LogP contribution in [0.25, 0.3) is 0 Å². The predicted octanol–water partition coefficient (Wildman–Crippen LogP) is 4.01. The van der Waals surface area contributed by atoms with Crippen molar-refractivity contribution in [2.45, 2.75) is 18.9 Å². The molecule has 1 aliphatic heterocycles. The number of nitrogens with zero attached hydrogens (tertiary/aromatic N) is 1. The second-order valence-corrected chi connectivity index (χ2v) is 8.21. The van der Waals surface area contributed by atoms with Gasteiger partial charge in [0.25, 0.3) is 11.8 Å². The lowest BCUT2D eigenvalue weighted by Gasteiger charge is -2.32. The van der Waals surface area contributed by atoms with E-state index >= 15 is 0 Å². The maximum atomic E-state index is 13.1. The average Bonchev–Trinajstić information content (AvgIpc) is 3.34. The minimum absolute atomic E-state index is 0.0322. The van der Waals surface area contributed by atoms with Gasteiger partial charge in [-0.2, -0.15) is 0 Å². The topological polar surface area (TPSA) is 66.5 Å². The number of ketones is 1. The molecule has 152 valence electrons. The normalized spacial score (nSPS) is 14.3. The van der Waals surface area contributed by atoms with E-state index in [-0.39, 0.29) is 23.6 Å². The summed E-state index contributed by atoms with van der Waals surface area (Å²) in [6, 6.07) is 19.8. The third kappa shape index (κ3) is 4.33. The maximum absolute atomic E-state index is 13.1. The van der Waals surface area contributed by atoms with Gasteiger partial charge in [-0.15, -0.1) is 11.3 Å². The predicted molar refractivity (Wildman–Crippen MR) is 117 cm³/mol. The van der Waals surface area contributed by atoms with Gasteiger partial charge in [0.2, 0.25) is 5.78 Å². The highest BCUT2D eigenvalue weighted by Crippen LogP contribution is 2.21. The number of rotatable bonds is 5. The molecule has 0 unspecified atom stereocenters. The summed E-state index contributed by atoms with van der Waals surface area (Å²) in [7, 11) is 0. The number of piperidine rings is 1. The van der Waals surface area contributed by atoms with Crippen LogP contribution in [0.5, 0.6) is 0 Å². The number of amides is 2. The molecule has 1 N–H and O–H groups in total. The zero-order valence-corrected chi connectivity index (χ0v) is 17.2. The van der Waals surface area contributed by atoms with E-state index in [1.807, 2.05) is 29.6 Å². The van der Waals surface area contributed by atoms with E-state index in [4.69, 9.17) is 0 Å². The van der Waals surface area contributed by atoms with Crippen LogP contribution in [0, 0.1) is 0 Å². The quantitative estimate of drug-likeness (QED) is 0.637. The van der Waals surface area contributed by atoms with E-state index < -0.39 is 0 Å². The molecule has 2 heterocycles. The van der Waals surface area contributed by atoms with Crippen molar-refractivity contribution in [2.24, 2.45) is 0 Å². The van der Waals surface area contributed by atoms with E-state index in [9.17, 15) is 14.4 Å². The molecule has 2 amide bonds. The Kier molecular flexibility index (Phi) is 6.05. The number of likely N-dealkylation sites (tertiary alicyclic amines) is 1. The van der Waals surface area contributed by atoms with Crippen LogP contribution >= 0.6 is 11.3 Å². The lowest BCUT2D eigenvalue weighted by Crippen LogP contribution is -2.46. The van der Waals surface area contributed by atoms with Crippen molar-refractivity contribution < 1.29 is 14.4 Å². The third-order valence-electron chi connectivity index (χ3n) is 5.30. The SMILES string of the molecule is O=C(NC1CCN(C(=O)c2ccccc2C(=O)c2cccs2)CC1)c1ccccc1. The van der Waals surface area contributed by atoms with E-state index in [1.54, 1.807) is 47.4 Å². The van der Waals surface area contributed by atoms with Crippen LogP contribution in [0.15, 0.2) is 72.1 Å². The first-order valence-electron chi connectivity index (χ1n) is 9.96. The van der Waals surface area contributed by atoms with E-state index in [0.29, 0.717) is 47.5 Å². The molecule has 0 saturated carbocycles. The summed E-state index contributed by atoms with van der Waals surface area (Å²) in [6.07, 6.45) is 1.37. The second-order valence-electron chi connectivity index (χ2n) is 7.26. The first-order chi connectivity index (χ1) is 14.6. The van der Waals surface area contributed by atoms with Gasteiger partial charge in [-0.3, -0.25) is 14.4 Å². The molecule has 0 bridgehead atoms. The monoisotopic (exact) mass is 418 g/mol. The highest BCUT2D eigenvalue weighted by atomic mass is 32.1. The van der Waals surface area contributed by atoms with Crippen molar-refractivity contribution in [2.75, 3.05) is 13.1 Å². The molecule has 5 nitrogen and oxygen atoms in total. The number of thiophene rings is 1. The molecule has 0 radical (unpaired) electrons. The Morgan fingerprint density at radius 2 is 1.50 bits per heavy atom. The summed E-state index contributed by atoms with van der Waals surface area (Å²) in [4.78, 5) is 40.7. The van der Waals surface area contributed by atoms with Crippen LogP contribution < -0.4 is 5.32 Å². The van der Waals surface area contributed by atoms with Crippen LogP contribution in [-0.2, 0) is 0 Å². The molecule has 1 aromatic heterocycles. The van der Waals surface area contributed by atoms with Crippen molar-refractivity contribution in [3.05, 3.63) is 93.7 Å². The van der Waals surface area contributed by atoms with E-state index in [2.05, 4.69) is 5.32 Å². The lowest BCUT2D eigenvalue weighted by molar-refractivity contribution is 0.0694. The Morgan fingerprint density at radius 1 is 0.833 bits per heavy atom. The Balaban J connectivity index is 1.40. The highest BCUT2D eigenvalue weighted by molar-refractivity contribution is 7.12. The summed E-state index contributed by atoms with van der Waals surface area (Å²) in [6.45, 7) is 1.08. The molecule has 1 fully saturated rings. The van der Waals surface area contributed by atoms with Crippen LogP contribution in [0.4, 0.5) is 0 Å². The number of nitrogens with one attached hydrogen (secondary N) is 1. The van der Waals surface area contributed by atoms with Gasteiger partial charge < -0.3 is 10.2 Å². The van der Waals surface area contributed by atoms with Gasteiger partial charge >= 0.3 is 0 Å². The van der Waals surface area contributed by atoms with E-state index in [0.717, 1.165) is 0 Å². The van der Waals surface area contributed by atoms with Crippen molar-refractivity contribution in [3.8, 4) is 0 Å². The third-order valence-corrected chi connectivity index (χ3v) is 6.17. The minimum Gasteiger partial charge on any atom is -0.349 e. The van der Waals surface area contributed by atoms with Gasteiger partial charge in [-0.25, -0.2) is 0 Å². The molecule has 0 atom stereocenters. The smallest absolute Gasteiger partial charge is 0.254 e. The number of carbonyl (C=O) groups excluding carboxylic acids is 3. The number of carbonyl (C=O) groups is 3. The molecule has 6 heteroatoms. The van der Waals surface area contributed by atoms with Crippen molar-refractivity contribution in [3.63, 3.8) is 0 Å². The second kappa shape index (κ2) is 9.05. The Labute approximate surface area is 179 Å². The lowest BCUT2D eigenvalue weighted by atomic mass is 9.99. The van der Waals surface area contributed by atoms with Gasteiger partial charge in [0.15, 0.2) is 0 Å². The maximum Gasteiger partial charge on any atom is 0.254 e. The fourth-order valence-corrected chi connectivity index (χ4v) is 4.34. The Bertz CT molecular complexity index is 1040. The molecule has 0 spiro atoms. The fraction of sp³-hybridized carbons (Fsp3) is 0.208. The van der Waals surface area contributed by atoms with Crippen molar-refractivity contribution >= 4 is 28.9 Å². The summed E-state index contributed by atoms with van der Waals surface area (Å²) in [5.74, 6) is -0.352. The first-order valence-corrected chi connectivity index (χ1v) is 10.8. The molecule has 1 aliphatic rings. The molecule has 3 aromatic rings. The highest BCUT2D eigenvalue weighted by Gasteiger charge is 2.27. The standard InChI is InChI=1S/C24H22N2O3S/c27-22(21-11-6-16-30-21)19-9-4-5-10-20(19)24(29)26-14-12-18(13-15-26)25-23(28)17-7-2-1-3-8-17/h1-11,16,18H,12-15H2,(H,25,28). The molecule has 1 saturated heterocycles. The summed E-state index contributed by atoms with van der Waals surface area (Å²) in [5.41, 5.74) is 1.50. The zero-order valence-electron chi connectivity index (χ0n) is 16.4. The molecule has 2 aromatic carbocycles. The summed E-state index contributed by atoms with van der Waals surface area (Å²) < 4.78 is 0. The van der Waals surface area contributed by atoms with Crippen molar-refractivity contribution in [1.82, 2.24) is 10.2 Å². The average molecular weight is 419 g/mol. The fourth-order valence-electron chi connectivity index (χ4n) is 3.66. The molecule has 0 aliphatic carbocycles. The number of hydrogen-bond acceptors (Lipinski definition) is 4. The van der Waals surface area contributed by atoms with E-state index in [1.165, 1.54) is 11.3 Å². The zero-order chi connectivity index (χ0) is 20.9. The van der Waals surface area contributed by atoms with Crippen LogP contribution in [0.2, 0.25) is 0 Å².